The summed E-state index contributed by atoms with van der Waals surface area (Å²) in [7, 11) is 1.21. The molecule has 0 aromatic carbocycles. The molecule has 2 atom stereocenters. The summed E-state index contributed by atoms with van der Waals surface area (Å²) in [6.45, 7) is 5.00. The summed E-state index contributed by atoms with van der Waals surface area (Å²) in [5, 5.41) is 0. The molecule has 1 aliphatic heterocycles. The molecule has 0 aromatic heterocycles. The van der Waals surface area contributed by atoms with Gasteiger partial charge in [-0.3, -0.25) is 4.90 Å². The van der Waals surface area contributed by atoms with Gasteiger partial charge in [-0.15, -0.1) is 0 Å². The molecule has 0 unspecified atom stereocenters. The molecular formula is C11H18FNO4. The highest BCUT2D eigenvalue weighted by Gasteiger charge is 2.42. The summed E-state index contributed by atoms with van der Waals surface area (Å²) in [5.74, 6) is -0.615. The quantitative estimate of drug-likeness (QED) is 0.659. The zero-order valence-corrected chi connectivity index (χ0v) is 10.5. The van der Waals surface area contributed by atoms with Gasteiger partial charge in [-0.1, -0.05) is 0 Å². The van der Waals surface area contributed by atoms with Crippen LogP contribution in [0.25, 0.3) is 0 Å². The number of amides is 1. The van der Waals surface area contributed by atoms with Crippen LogP contribution in [-0.4, -0.2) is 48.4 Å². The first kappa shape index (κ1) is 13.7. The van der Waals surface area contributed by atoms with Crippen molar-refractivity contribution in [2.45, 2.75) is 45.0 Å². The number of ether oxygens (including phenoxy) is 2. The van der Waals surface area contributed by atoms with Crippen molar-refractivity contribution in [1.29, 1.82) is 0 Å². The Bertz CT molecular complexity index is 313. The van der Waals surface area contributed by atoms with E-state index in [0.717, 1.165) is 4.90 Å². The summed E-state index contributed by atoms with van der Waals surface area (Å²) >= 11 is 0. The molecule has 0 saturated carbocycles. The standard InChI is InChI=1S/C11H18FNO4/c1-11(2,3)17-10(15)13-6-7(12)5-8(13)9(14)16-4/h7-8H,5-6H2,1-4H3/t7-,8+/m0/s1. The van der Waals surface area contributed by atoms with Crippen LogP contribution in [0.5, 0.6) is 0 Å². The fraction of sp³-hybridized carbons (Fsp3) is 0.818. The van der Waals surface area contributed by atoms with E-state index < -0.39 is 29.9 Å². The molecular weight excluding hydrogens is 229 g/mol. The second-order valence-electron chi connectivity index (χ2n) is 5.00. The lowest BCUT2D eigenvalue weighted by atomic mass is 10.2. The molecule has 5 nitrogen and oxygen atoms in total. The number of likely N-dealkylation sites (tertiary alicyclic amines) is 1. The first-order chi connectivity index (χ1) is 7.74. The van der Waals surface area contributed by atoms with Gasteiger partial charge >= 0.3 is 12.1 Å². The third-order valence-electron chi connectivity index (χ3n) is 2.35. The molecule has 0 spiro atoms. The van der Waals surface area contributed by atoms with E-state index in [1.54, 1.807) is 20.8 Å². The zero-order valence-electron chi connectivity index (χ0n) is 10.5. The van der Waals surface area contributed by atoms with Gasteiger partial charge in [0.2, 0.25) is 0 Å². The third-order valence-corrected chi connectivity index (χ3v) is 2.35. The summed E-state index contributed by atoms with van der Waals surface area (Å²) in [5.41, 5.74) is -0.674. The molecule has 0 N–H and O–H groups in total. The van der Waals surface area contributed by atoms with Crippen molar-refractivity contribution >= 4 is 12.1 Å². The van der Waals surface area contributed by atoms with Gasteiger partial charge in [0.25, 0.3) is 0 Å². The number of nitrogens with zero attached hydrogens (tertiary/aromatic N) is 1. The van der Waals surface area contributed by atoms with Crippen molar-refractivity contribution in [3.8, 4) is 0 Å². The molecule has 6 heteroatoms. The Hall–Kier alpha value is -1.33. The molecule has 1 fully saturated rings. The molecule has 1 amide bonds. The van der Waals surface area contributed by atoms with E-state index in [4.69, 9.17) is 4.74 Å². The van der Waals surface area contributed by atoms with Crippen LogP contribution >= 0.6 is 0 Å². The summed E-state index contributed by atoms with van der Waals surface area (Å²) in [6, 6.07) is -0.884. The maximum Gasteiger partial charge on any atom is 0.411 e. The number of rotatable bonds is 1. The number of hydrogen-bond donors (Lipinski definition) is 0. The summed E-state index contributed by atoms with van der Waals surface area (Å²) in [6.07, 6.45) is -1.94. The van der Waals surface area contributed by atoms with Gasteiger partial charge in [0.15, 0.2) is 0 Å². The minimum atomic E-state index is -1.22. The molecule has 1 saturated heterocycles. The third kappa shape index (κ3) is 3.57. The second kappa shape index (κ2) is 4.89. The smallest absolute Gasteiger partial charge is 0.411 e. The molecule has 0 aromatic rings. The lowest BCUT2D eigenvalue weighted by Gasteiger charge is -2.27. The van der Waals surface area contributed by atoms with Crippen molar-refractivity contribution in [3.05, 3.63) is 0 Å². The molecule has 98 valence electrons. The minimum Gasteiger partial charge on any atom is -0.467 e. The largest absolute Gasteiger partial charge is 0.467 e. The Kier molecular flexibility index (Phi) is 3.95. The van der Waals surface area contributed by atoms with E-state index in [0.29, 0.717) is 0 Å². The Labute approximate surface area is 99.9 Å². The predicted octanol–water partition coefficient (Wildman–Crippen LogP) is 1.51. The van der Waals surface area contributed by atoms with Gasteiger partial charge in [0, 0.05) is 6.42 Å². The van der Waals surface area contributed by atoms with Crippen molar-refractivity contribution in [3.63, 3.8) is 0 Å². The van der Waals surface area contributed by atoms with Crippen LogP contribution in [0.4, 0.5) is 9.18 Å². The van der Waals surface area contributed by atoms with E-state index in [9.17, 15) is 14.0 Å². The van der Waals surface area contributed by atoms with Gasteiger partial charge in [-0.2, -0.15) is 0 Å². The SMILES string of the molecule is COC(=O)[C@H]1C[C@H](F)CN1C(=O)OC(C)(C)C. The number of methoxy groups -OCH3 is 1. The highest BCUT2D eigenvalue weighted by atomic mass is 19.1. The van der Waals surface area contributed by atoms with E-state index in [2.05, 4.69) is 4.74 Å². The Balaban J connectivity index is 2.73. The van der Waals surface area contributed by atoms with Crippen LogP contribution < -0.4 is 0 Å². The number of halogens is 1. The van der Waals surface area contributed by atoms with Gasteiger partial charge < -0.3 is 9.47 Å². The average molecular weight is 247 g/mol. The van der Waals surface area contributed by atoms with E-state index >= 15 is 0 Å². The fourth-order valence-corrected chi connectivity index (χ4v) is 1.67. The number of esters is 1. The average Bonchev–Trinajstić information content (AvgIpc) is 2.56. The van der Waals surface area contributed by atoms with Crippen LogP contribution in [0.3, 0.4) is 0 Å². The Morgan fingerprint density at radius 2 is 1.94 bits per heavy atom. The Morgan fingerprint density at radius 3 is 2.41 bits per heavy atom. The lowest BCUT2D eigenvalue weighted by Crippen LogP contribution is -2.43. The van der Waals surface area contributed by atoms with Crippen molar-refractivity contribution < 1.29 is 23.5 Å². The molecule has 17 heavy (non-hydrogen) atoms. The van der Waals surface area contributed by atoms with Crippen molar-refractivity contribution in [2.75, 3.05) is 13.7 Å². The van der Waals surface area contributed by atoms with E-state index in [1.165, 1.54) is 7.11 Å². The van der Waals surface area contributed by atoms with E-state index in [-0.39, 0.29) is 13.0 Å². The number of alkyl halides is 1. The first-order valence-electron chi connectivity index (χ1n) is 5.46. The molecule has 1 rings (SSSR count). The van der Waals surface area contributed by atoms with Crippen LogP contribution in [0.1, 0.15) is 27.2 Å². The van der Waals surface area contributed by atoms with Crippen molar-refractivity contribution in [2.24, 2.45) is 0 Å². The van der Waals surface area contributed by atoms with Crippen LogP contribution in [-0.2, 0) is 14.3 Å². The molecule has 0 radical (unpaired) electrons. The van der Waals surface area contributed by atoms with Gasteiger partial charge in [0.1, 0.15) is 17.8 Å². The molecule has 0 bridgehead atoms. The topological polar surface area (TPSA) is 55.8 Å². The number of carbonyl (C=O) groups is 2. The predicted molar refractivity (Wildman–Crippen MR) is 58.3 cm³/mol. The maximum absolute atomic E-state index is 13.3. The monoisotopic (exact) mass is 247 g/mol. The lowest BCUT2D eigenvalue weighted by molar-refractivity contribution is -0.145. The molecule has 0 aliphatic carbocycles. The normalized spacial score (nSPS) is 24.6. The van der Waals surface area contributed by atoms with Crippen LogP contribution in [0.2, 0.25) is 0 Å². The fourth-order valence-electron chi connectivity index (χ4n) is 1.67. The first-order valence-corrected chi connectivity index (χ1v) is 5.46. The highest BCUT2D eigenvalue weighted by Crippen LogP contribution is 2.23. The van der Waals surface area contributed by atoms with Crippen molar-refractivity contribution in [1.82, 2.24) is 4.90 Å². The second-order valence-corrected chi connectivity index (χ2v) is 5.00. The highest BCUT2D eigenvalue weighted by molar-refractivity contribution is 5.82. The Morgan fingerprint density at radius 1 is 1.35 bits per heavy atom. The summed E-state index contributed by atoms with van der Waals surface area (Å²) in [4.78, 5) is 24.3. The van der Waals surface area contributed by atoms with Crippen LogP contribution in [0, 0.1) is 0 Å². The maximum atomic E-state index is 13.3. The van der Waals surface area contributed by atoms with E-state index in [1.807, 2.05) is 0 Å². The van der Waals surface area contributed by atoms with Crippen LogP contribution in [0.15, 0.2) is 0 Å². The van der Waals surface area contributed by atoms with Gasteiger partial charge in [-0.05, 0) is 20.8 Å². The summed E-state index contributed by atoms with van der Waals surface area (Å²) < 4.78 is 22.9. The number of hydrogen-bond acceptors (Lipinski definition) is 4. The number of carbonyl (C=O) groups excluding carboxylic acids is 2. The molecule has 1 heterocycles. The van der Waals surface area contributed by atoms with Gasteiger partial charge in [-0.25, -0.2) is 14.0 Å². The molecule has 1 aliphatic rings. The minimum absolute atomic E-state index is 0.0358. The van der Waals surface area contributed by atoms with Gasteiger partial charge in [0.05, 0.1) is 13.7 Å². The zero-order chi connectivity index (χ0) is 13.2.